The smallest absolute Gasteiger partial charge is 0.227 e. The van der Waals surface area contributed by atoms with Gasteiger partial charge in [-0.3, -0.25) is 4.79 Å². The molecule has 1 aromatic rings. The number of ether oxygens (including phenoxy) is 1. The van der Waals surface area contributed by atoms with Crippen molar-refractivity contribution in [1.82, 2.24) is 10.2 Å². The van der Waals surface area contributed by atoms with E-state index in [0.717, 1.165) is 19.4 Å². The SMILES string of the molecule is O=C(C1CC2CCC1N2)N1CCOC(c2ccccc2)C1. The maximum atomic E-state index is 12.8. The summed E-state index contributed by atoms with van der Waals surface area (Å²) in [5.41, 5.74) is 1.17. The number of hydrogen-bond donors (Lipinski definition) is 1. The van der Waals surface area contributed by atoms with Crippen LogP contribution in [0, 0.1) is 5.92 Å². The van der Waals surface area contributed by atoms with Crippen molar-refractivity contribution in [3.63, 3.8) is 0 Å². The third-order valence-corrected chi connectivity index (χ3v) is 5.17. The Hall–Kier alpha value is -1.39. The van der Waals surface area contributed by atoms with Crippen LogP contribution in [-0.2, 0) is 9.53 Å². The van der Waals surface area contributed by atoms with Crippen molar-refractivity contribution in [2.45, 2.75) is 37.5 Å². The molecule has 2 bridgehead atoms. The topological polar surface area (TPSA) is 41.6 Å². The van der Waals surface area contributed by atoms with Crippen LogP contribution in [-0.4, -0.2) is 42.6 Å². The van der Waals surface area contributed by atoms with Gasteiger partial charge in [0.2, 0.25) is 5.91 Å². The van der Waals surface area contributed by atoms with Gasteiger partial charge in [-0.25, -0.2) is 0 Å². The van der Waals surface area contributed by atoms with Gasteiger partial charge in [-0.15, -0.1) is 0 Å². The van der Waals surface area contributed by atoms with Gasteiger partial charge in [0.05, 0.1) is 19.1 Å². The first kappa shape index (κ1) is 13.3. The fourth-order valence-corrected chi connectivity index (χ4v) is 4.05. The van der Waals surface area contributed by atoms with Gasteiger partial charge in [-0.1, -0.05) is 30.3 Å². The largest absolute Gasteiger partial charge is 0.370 e. The van der Waals surface area contributed by atoms with Crippen LogP contribution in [0.25, 0.3) is 0 Å². The first-order valence-corrected chi connectivity index (χ1v) is 8.02. The Morgan fingerprint density at radius 3 is 2.81 bits per heavy atom. The van der Waals surface area contributed by atoms with Crippen LogP contribution in [0.15, 0.2) is 30.3 Å². The van der Waals surface area contributed by atoms with E-state index in [0.29, 0.717) is 31.1 Å². The average molecular weight is 286 g/mol. The Bertz CT molecular complexity index is 519. The maximum Gasteiger partial charge on any atom is 0.227 e. The number of amides is 1. The van der Waals surface area contributed by atoms with Crippen molar-refractivity contribution < 1.29 is 9.53 Å². The van der Waals surface area contributed by atoms with Crippen molar-refractivity contribution >= 4 is 5.91 Å². The molecule has 4 unspecified atom stereocenters. The highest BCUT2D eigenvalue weighted by atomic mass is 16.5. The molecule has 3 heterocycles. The second kappa shape index (κ2) is 5.43. The molecule has 4 nitrogen and oxygen atoms in total. The first-order valence-electron chi connectivity index (χ1n) is 8.02. The van der Waals surface area contributed by atoms with Gasteiger partial charge in [0.1, 0.15) is 6.10 Å². The molecule has 3 aliphatic rings. The molecule has 0 aliphatic carbocycles. The van der Waals surface area contributed by atoms with E-state index in [1.165, 1.54) is 12.0 Å². The molecule has 21 heavy (non-hydrogen) atoms. The summed E-state index contributed by atoms with van der Waals surface area (Å²) in [5.74, 6) is 0.525. The molecule has 3 saturated heterocycles. The highest BCUT2D eigenvalue weighted by Gasteiger charge is 2.44. The van der Waals surface area contributed by atoms with E-state index in [4.69, 9.17) is 4.74 Å². The van der Waals surface area contributed by atoms with Gasteiger partial charge in [-0.05, 0) is 24.8 Å². The number of nitrogens with one attached hydrogen (secondary N) is 1. The molecule has 3 fully saturated rings. The van der Waals surface area contributed by atoms with Crippen LogP contribution in [0.1, 0.15) is 30.9 Å². The van der Waals surface area contributed by atoms with Crippen molar-refractivity contribution in [3.05, 3.63) is 35.9 Å². The number of carbonyl (C=O) groups is 1. The van der Waals surface area contributed by atoms with Crippen LogP contribution >= 0.6 is 0 Å². The minimum Gasteiger partial charge on any atom is -0.370 e. The van der Waals surface area contributed by atoms with Crippen molar-refractivity contribution in [3.8, 4) is 0 Å². The number of fused-ring (bicyclic) bond motifs is 2. The van der Waals surface area contributed by atoms with Gasteiger partial charge in [-0.2, -0.15) is 0 Å². The number of hydrogen-bond acceptors (Lipinski definition) is 3. The Balaban J connectivity index is 1.44. The third-order valence-electron chi connectivity index (χ3n) is 5.17. The van der Waals surface area contributed by atoms with Gasteiger partial charge in [0.15, 0.2) is 0 Å². The number of morpholine rings is 1. The highest BCUT2D eigenvalue weighted by Crippen LogP contribution is 2.35. The Labute approximate surface area is 125 Å². The fourth-order valence-electron chi connectivity index (χ4n) is 4.05. The first-order chi connectivity index (χ1) is 10.3. The lowest BCUT2D eigenvalue weighted by Gasteiger charge is -2.36. The molecule has 0 spiro atoms. The standard InChI is InChI=1S/C17H22N2O2/c20-17(14-10-13-6-7-15(14)18-13)19-8-9-21-16(11-19)12-4-2-1-3-5-12/h1-5,13-16,18H,6-11H2. The van der Waals surface area contributed by atoms with E-state index in [9.17, 15) is 4.79 Å². The van der Waals surface area contributed by atoms with Gasteiger partial charge < -0.3 is 15.0 Å². The highest BCUT2D eigenvalue weighted by molar-refractivity contribution is 5.80. The van der Waals surface area contributed by atoms with Crippen molar-refractivity contribution in [2.75, 3.05) is 19.7 Å². The molecule has 0 aromatic heterocycles. The summed E-state index contributed by atoms with van der Waals surface area (Å²) in [6.07, 6.45) is 3.45. The number of rotatable bonds is 2. The zero-order chi connectivity index (χ0) is 14.2. The summed E-state index contributed by atoms with van der Waals surface area (Å²) in [5, 5.41) is 3.56. The fraction of sp³-hybridized carbons (Fsp3) is 0.588. The minimum atomic E-state index is 0.0236. The normalized spacial score (nSPS) is 35.1. The van der Waals surface area contributed by atoms with E-state index >= 15 is 0 Å². The van der Waals surface area contributed by atoms with E-state index in [1.807, 2.05) is 23.1 Å². The second-order valence-corrected chi connectivity index (χ2v) is 6.44. The molecule has 4 atom stereocenters. The summed E-state index contributed by atoms with van der Waals surface area (Å²) in [6, 6.07) is 11.2. The molecule has 112 valence electrons. The van der Waals surface area contributed by atoms with E-state index in [2.05, 4.69) is 17.4 Å². The number of carbonyl (C=O) groups excluding carboxylic acids is 1. The lowest BCUT2D eigenvalue weighted by molar-refractivity contribution is -0.144. The molecule has 0 saturated carbocycles. The molecular weight excluding hydrogens is 264 g/mol. The summed E-state index contributed by atoms with van der Waals surface area (Å²) in [7, 11) is 0. The lowest BCUT2D eigenvalue weighted by atomic mass is 9.88. The summed E-state index contributed by atoms with van der Waals surface area (Å²) >= 11 is 0. The van der Waals surface area contributed by atoms with Gasteiger partial charge >= 0.3 is 0 Å². The van der Waals surface area contributed by atoms with Gasteiger partial charge in [0, 0.05) is 18.6 Å². The lowest BCUT2D eigenvalue weighted by Crippen LogP contribution is -2.47. The zero-order valence-corrected chi connectivity index (χ0v) is 12.2. The number of nitrogens with zero attached hydrogens (tertiary/aromatic N) is 1. The molecule has 1 N–H and O–H groups in total. The quantitative estimate of drug-likeness (QED) is 0.900. The molecule has 4 rings (SSSR count). The third kappa shape index (κ3) is 2.47. The van der Waals surface area contributed by atoms with Gasteiger partial charge in [0.25, 0.3) is 0 Å². The van der Waals surface area contributed by atoms with Crippen LogP contribution in [0.4, 0.5) is 0 Å². The van der Waals surface area contributed by atoms with Crippen molar-refractivity contribution in [2.24, 2.45) is 5.92 Å². The Morgan fingerprint density at radius 1 is 1.24 bits per heavy atom. The Kier molecular flexibility index (Phi) is 3.43. The Morgan fingerprint density at radius 2 is 2.10 bits per heavy atom. The summed E-state index contributed by atoms with van der Waals surface area (Å²) in [4.78, 5) is 14.8. The number of benzene rings is 1. The predicted molar refractivity (Wildman–Crippen MR) is 79.8 cm³/mol. The molecule has 1 amide bonds. The van der Waals surface area contributed by atoms with Crippen LogP contribution in [0.3, 0.4) is 0 Å². The molecular formula is C17H22N2O2. The zero-order valence-electron chi connectivity index (χ0n) is 12.2. The monoisotopic (exact) mass is 286 g/mol. The minimum absolute atomic E-state index is 0.0236. The van der Waals surface area contributed by atoms with Crippen molar-refractivity contribution in [1.29, 1.82) is 0 Å². The van der Waals surface area contributed by atoms with E-state index in [1.54, 1.807) is 0 Å². The average Bonchev–Trinajstić information content (AvgIpc) is 3.18. The molecule has 4 heteroatoms. The predicted octanol–water partition coefficient (Wildman–Crippen LogP) is 1.73. The maximum absolute atomic E-state index is 12.8. The van der Waals surface area contributed by atoms with Crippen LogP contribution in [0.5, 0.6) is 0 Å². The van der Waals surface area contributed by atoms with E-state index in [-0.39, 0.29) is 12.0 Å². The molecule has 3 aliphatic heterocycles. The van der Waals surface area contributed by atoms with E-state index < -0.39 is 0 Å². The van der Waals surface area contributed by atoms with Crippen LogP contribution < -0.4 is 5.32 Å². The second-order valence-electron chi connectivity index (χ2n) is 6.44. The van der Waals surface area contributed by atoms with Crippen LogP contribution in [0.2, 0.25) is 0 Å². The molecule has 0 radical (unpaired) electrons. The summed E-state index contributed by atoms with van der Waals surface area (Å²) in [6.45, 7) is 2.06. The molecule has 1 aromatic carbocycles. The summed E-state index contributed by atoms with van der Waals surface area (Å²) < 4.78 is 5.86.